The van der Waals surface area contributed by atoms with Gasteiger partial charge >= 0.3 is 0 Å². The Morgan fingerprint density at radius 3 is 1.82 bits per heavy atom. The van der Waals surface area contributed by atoms with Crippen molar-refractivity contribution in [3.05, 3.63) is 59.2 Å². The molecule has 0 bridgehead atoms. The van der Waals surface area contributed by atoms with Gasteiger partial charge in [-0.2, -0.15) is 0 Å². The molecule has 0 saturated carbocycles. The zero-order valence-electron chi connectivity index (χ0n) is 13.9. The smallest absolute Gasteiger partial charge is 0.0784 e. The van der Waals surface area contributed by atoms with Crippen LogP contribution in [0.3, 0.4) is 0 Å². The maximum absolute atomic E-state index is 5.90. The van der Waals surface area contributed by atoms with Crippen LogP contribution < -0.4 is 22.9 Å². The molecule has 0 fully saturated rings. The Morgan fingerprint density at radius 1 is 0.864 bits per heavy atom. The van der Waals surface area contributed by atoms with Crippen molar-refractivity contribution < 1.29 is 0 Å². The van der Waals surface area contributed by atoms with Crippen LogP contribution in [0.2, 0.25) is 0 Å². The molecular formula is C18H28N4. The Kier molecular flexibility index (Phi) is 5.97. The molecule has 0 atom stereocenters. The van der Waals surface area contributed by atoms with Crippen molar-refractivity contribution in [2.45, 2.75) is 39.3 Å². The van der Waals surface area contributed by atoms with Crippen molar-refractivity contribution in [1.82, 2.24) is 0 Å². The third kappa shape index (κ3) is 5.06. The molecule has 2 aromatic rings. The maximum Gasteiger partial charge on any atom is 0.0784 e. The van der Waals surface area contributed by atoms with E-state index in [4.69, 9.17) is 22.9 Å². The number of aryl methyl sites for hydroxylation is 1. The fourth-order valence-corrected chi connectivity index (χ4v) is 2.07. The number of anilines is 2. The average molecular weight is 300 g/mol. The molecule has 8 N–H and O–H groups in total. The Hall–Kier alpha value is -2.04. The van der Waals surface area contributed by atoms with E-state index in [-0.39, 0.29) is 11.6 Å². The van der Waals surface area contributed by atoms with Crippen LogP contribution in [0.25, 0.3) is 0 Å². The van der Waals surface area contributed by atoms with Gasteiger partial charge in [0, 0.05) is 11.4 Å². The van der Waals surface area contributed by atoms with E-state index in [1.807, 2.05) is 43.3 Å². The van der Waals surface area contributed by atoms with Crippen molar-refractivity contribution in [3.63, 3.8) is 0 Å². The van der Waals surface area contributed by atoms with Crippen molar-refractivity contribution in [2.75, 3.05) is 11.5 Å². The van der Waals surface area contributed by atoms with Gasteiger partial charge < -0.3 is 22.9 Å². The molecule has 0 amide bonds. The van der Waals surface area contributed by atoms with Gasteiger partial charge in [0.05, 0.1) is 6.17 Å². The van der Waals surface area contributed by atoms with E-state index >= 15 is 0 Å². The van der Waals surface area contributed by atoms with Crippen LogP contribution in [0, 0.1) is 6.92 Å². The topological polar surface area (TPSA) is 104 Å². The zero-order chi connectivity index (χ0) is 16.9. The Bertz CT molecular complexity index is 598. The van der Waals surface area contributed by atoms with E-state index in [1.165, 1.54) is 5.56 Å². The second-order valence-electron chi connectivity index (χ2n) is 6.48. The minimum Gasteiger partial charge on any atom is -0.398 e. The first-order valence-corrected chi connectivity index (χ1v) is 7.35. The van der Waals surface area contributed by atoms with Crippen molar-refractivity contribution >= 4 is 11.4 Å². The first kappa shape index (κ1) is 18.0. The summed E-state index contributed by atoms with van der Waals surface area (Å²) < 4.78 is 0. The molecule has 2 rings (SSSR count). The van der Waals surface area contributed by atoms with Gasteiger partial charge in [-0.3, -0.25) is 0 Å². The molecule has 0 radical (unpaired) electrons. The van der Waals surface area contributed by atoms with Gasteiger partial charge in [-0.15, -0.1) is 0 Å². The molecule has 0 aliphatic heterocycles. The van der Waals surface area contributed by atoms with Gasteiger partial charge in [-0.05, 0) is 35.1 Å². The predicted molar refractivity (Wildman–Crippen MR) is 96.3 cm³/mol. The summed E-state index contributed by atoms with van der Waals surface area (Å²) in [7, 11) is 0. The second-order valence-corrected chi connectivity index (χ2v) is 6.48. The van der Waals surface area contributed by atoms with Gasteiger partial charge in [-0.1, -0.05) is 57.2 Å². The molecule has 0 spiro atoms. The van der Waals surface area contributed by atoms with Crippen molar-refractivity contribution in [2.24, 2.45) is 11.5 Å². The highest BCUT2D eigenvalue weighted by molar-refractivity contribution is 5.62. The molecule has 120 valence electrons. The summed E-state index contributed by atoms with van der Waals surface area (Å²) in [5, 5.41) is 0. The van der Waals surface area contributed by atoms with Gasteiger partial charge in [-0.25, -0.2) is 0 Å². The number of benzene rings is 2. The number of nitrogen functional groups attached to an aromatic ring is 2. The summed E-state index contributed by atoms with van der Waals surface area (Å²) >= 11 is 0. The number of hydrogen-bond donors (Lipinski definition) is 4. The molecule has 4 nitrogen and oxygen atoms in total. The molecule has 0 unspecified atom stereocenters. The lowest BCUT2D eigenvalue weighted by atomic mass is 9.85. The minimum absolute atomic E-state index is 0.0859. The highest BCUT2D eigenvalue weighted by Gasteiger charge is 2.17. The van der Waals surface area contributed by atoms with Crippen LogP contribution in [0.4, 0.5) is 11.4 Å². The summed E-state index contributed by atoms with van der Waals surface area (Å²) in [4.78, 5) is 0. The van der Waals surface area contributed by atoms with Crippen LogP contribution >= 0.6 is 0 Å². The summed E-state index contributed by atoms with van der Waals surface area (Å²) in [6.07, 6.45) is -0.341. The fourth-order valence-electron chi connectivity index (χ4n) is 2.07. The summed E-state index contributed by atoms with van der Waals surface area (Å²) in [6, 6.07) is 13.5. The van der Waals surface area contributed by atoms with Gasteiger partial charge in [0.25, 0.3) is 0 Å². The van der Waals surface area contributed by atoms with Gasteiger partial charge in [0.1, 0.15) is 0 Å². The quantitative estimate of drug-likeness (QED) is 0.480. The third-order valence-electron chi connectivity index (χ3n) is 3.43. The zero-order valence-corrected chi connectivity index (χ0v) is 13.9. The molecule has 0 aromatic heterocycles. The molecule has 0 aliphatic carbocycles. The molecule has 0 saturated heterocycles. The first-order valence-electron chi connectivity index (χ1n) is 7.35. The Labute approximate surface area is 133 Å². The minimum atomic E-state index is -0.341. The number of rotatable bonds is 1. The summed E-state index contributed by atoms with van der Waals surface area (Å²) in [6.45, 7) is 8.45. The molecular weight excluding hydrogens is 272 g/mol. The Balaban J connectivity index is 0.000000235. The van der Waals surface area contributed by atoms with Gasteiger partial charge in [0.15, 0.2) is 0 Å². The van der Waals surface area contributed by atoms with Crippen LogP contribution in [-0.4, -0.2) is 0 Å². The van der Waals surface area contributed by atoms with E-state index < -0.39 is 0 Å². The van der Waals surface area contributed by atoms with E-state index in [1.54, 1.807) is 0 Å². The van der Waals surface area contributed by atoms with Crippen LogP contribution in [0.5, 0.6) is 0 Å². The maximum atomic E-state index is 5.90. The third-order valence-corrected chi connectivity index (χ3v) is 3.43. The van der Waals surface area contributed by atoms with Crippen LogP contribution in [0.15, 0.2) is 42.5 Å². The fraction of sp³-hybridized carbons (Fsp3) is 0.333. The molecule has 2 aromatic carbocycles. The predicted octanol–water partition coefficient (Wildman–Crippen LogP) is 3.06. The summed E-state index contributed by atoms with van der Waals surface area (Å²) in [5.41, 5.74) is 27.3. The summed E-state index contributed by atoms with van der Waals surface area (Å²) in [5.74, 6) is 0. The van der Waals surface area contributed by atoms with E-state index in [2.05, 4.69) is 26.8 Å². The highest BCUT2D eigenvalue weighted by atomic mass is 14.8. The lowest BCUT2D eigenvalue weighted by Crippen LogP contribution is -2.19. The molecule has 0 heterocycles. The van der Waals surface area contributed by atoms with Crippen LogP contribution in [-0.2, 0) is 5.41 Å². The molecule has 0 aliphatic rings. The number of hydrogen-bond acceptors (Lipinski definition) is 4. The molecule has 22 heavy (non-hydrogen) atoms. The lowest BCUT2D eigenvalue weighted by Gasteiger charge is -2.22. The van der Waals surface area contributed by atoms with Crippen LogP contribution in [0.1, 0.15) is 43.6 Å². The van der Waals surface area contributed by atoms with Gasteiger partial charge in [0.2, 0.25) is 0 Å². The normalized spacial score (nSPS) is 11.0. The second kappa shape index (κ2) is 7.29. The standard InChI is InChI=1S/C11H18N2.C7H10N2/c1-7-5-8(11(2,3)4)10(13)6-9(7)12;8-7(9)6-4-2-1-3-5-6/h5-6H,12-13H2,1-4H3;1-5,7H,8-9H2. The SMILES string of the molecule is Cc1cc(C(C)(C)C)c(N)cc1N.NC(N)c1ccccc1. The molecule has 4 heteroatoms. The van der Waals surface area contributed by atoms with Crippen molar-refractivity contribution in [3.8, 4) is 0 Å². The first-order chi connectivity index (χ1) is 10.1. The van der Waals surface area contributed by atoms with E-state index in [0.717, 1.165) is 22.5 Å². The Morgan fingerprint density at radius 2 is 1.41 bits per heavy atom. The largest absolute Gasteiger partial charge is 0.398 e. The average Bonchev–Trinajstić information content (AvgIpc) is 2.43. The van der Waals surface area contributed by atoms with E-state index in [9.17, 15) is 0 Å². The number of nitrogens with two attached hydrogens (primary N) is 4. The highest BCUT2D eigenvalue weighted by Crippen LogP contribution is 2.30. The monoisotopic (exact) mass is 300 g/mol. The lowest BCUT2D eigenvalue weighted by molar-refractivity contribution is 0.592. The van der Waals surface area contributed by atoms with E-state index in [0.29, 0.717) is 0 Å². The van der Waals surface area contributed by atoms with Crippen molar-refractivity contribution in [1.29, 1.82) is 0 Å².